The zero-order valence-corrected chi connectivity index (χ0v) is 17.2. The molecule has 0 aliphatic heterocycles. The lowest BCUT2D eigenvalue weighted by molar-refractivity contribution is -0.116. The predicted octanol–water partition coefficient (Wildman–Crippen LogP) is 5.21. The summed E-state index contributed by atoms with van der Waals surface area (Å²) in [4.78, 5) is 12.4. The van der Waals surface area contributed by atoms with Gasteiger partial charge in [0, 0.05) is 17.8 Å². The van der Waals surface area contributed by atoms with E-state index in [9.17, 15) is 13.6 Å². The van der Waals surface area contributed by atoms with Crippen LogP contribution >= 0.6 is 0 Å². The summed E-state index contributed by atoms with van der Waals surface area (Å²) in [7, 11) is 3.10. The van der Waals surface area contributed by atoms with Gasteiger partial charge in [0.05, 0.1) is 19.9 Å². The van der Waals surface area contributed by atoms with Crippen LogP contribution in [-0.2, 0) is 4.79 Å². The molecule has 0 fully saturated rings. The fraction of sp³-hybridized carbons (Fsp3) is 0.174. The number of ether oxygens (including phenoxy) is 3. The first-order valence-corrected chi connectivity index (χ1v) is 9.42. The Morgan fingerprint density at radius 2 is 1.58 bits per heavy atom. The van der Waals surface area contributed by atoms with Crippen molar-refractivity contribution in [1.29, 1.82) is 0 Å². The van der Waals surface area contributed by atoms with Gasteiger partial charge in [-0.3, -0.25) is 4.79 Å². The van der Waals surface area contributed by atoms with Crippen LogP contribution < -0.4 is 24.8 Å². The second-order valence-electron chi connectivity index (χ2n) is 6.62. The first-order chi connectivity index (χ1) is 14.9. The van der Waals surface area contributed by atoms with Gasteiger partial charge in [-0.2, -0.15) is 0 Å². The van der Waals surface area contributed by atoms with Crippen molar-refractivity contribution < 1.29 is 27.8 Å². The van der Waals surface area contributed by atoms with Gasteiger partial charge in [0.2, 0.25) is 5.91 Å². The molecule has 0 aliphatic carbocycles. The third-order valence-corrected chi connectivity index (χ3v) is 4.42. The van der Waals surface area contributed by atoms with Crippen LogP contribution in [0, 0.1) is 11.6 Å². The van der Waals surface area contributed by atoms with E-state index in [0.717, 1.165) is 6.07 Å². The van der Waals surface area contributed by atoms with Gasteiger partial charge in [-0.05, 0) is 55.5 Å². The lowest BCUT2D eigenvalue weighted by Crippen LogP contribution is -2.32. The Morgan fingerprint density at radius 1 is 0.871 bits per heavy atom. The van der Waals surface area contributed by atoms with E-state index >= 15 is 0 Å². The Hall–Kier alpha value is -3.81. The fourth-order valence-corrected chi connectivity index (χ4v) is 2.76. The molecule has 0 saturated heterocycles. The molecule has 1 unspecified atom stereocenters. The summed E-state index contributed by atoms with van der Waals surface area (Å²) in [6.45, 7) is 1.62. The van der Waals surface area contributed by atoms with Crippen LogP contribution in [0.3, 0.4) is 0 Å². The molecule has 8 heteroatoms. The molecule has 162 valence electrons. The summed E-state index contributed by atoms with van der Waals surface area (Å²) in [5.74, 6) is 0.172. The maximum Gasteiger partial charge on any atom is 0.246 e. The number of rotatable bonds is 8. The van der Waals surface area contributed by atoms with Crippen LogP contribution in [0.1, 0.15) is 6.92 Å². The summed E-state index contributed by atoms with van der Waals surface area (Å²) < 4.78 is 43.2. The second-order valence-corrected chi connectivity index (χ2v) is 6.62. The second kappa shape index (κ2) is 9.80. The van der Waals surface area contributed by atoms with E-state index in [1.165, 1.54) is 13.2 Å². The SMILES string of the molecule is COc1ccc(Oc2cc(NC(C)C(=O)Nc3ccc(F)cc3F)ccc2OC)cc1. The van der Waals surface area contributed by atoms with E-state index in [4.69, 9.17) is 14.2 Å². The number of amides is 1. The molecule has 0 heterocycles. The highest BCUT2D eigenvalue weighted by Gasteiger charge is 2.16. The number of hydrogen-bond donors (Lipinski definition) is 2. The molecule has 1 atom stereocenters. The molecule has 0 aliphatic rings. The molecule has 3 aromatic rings. The minimum Gasteiger partial charge on any atom is -0.497 e. The smallest absolute Gasteiger partial charge is 0.246 e. The molecule has 0 radical (unpaired) electrons. The number of nitrogens with one attached hydrogen (secondary N) is 2. The zero-order valence-electron chi connectivity index (χ0n) is 17.2. The van der Waals surface area contributed by atoms with Crippen molar-refractivity contribution >= 4 is 17.3 Å². The Bertz CT molecular complexity index is 1060. The van der Waals surface area contributed by atoms with E-state index in [-0.39, 0.29) is 5.69 Å². The number of halogens is 2. The Kier molecular flexibility index (Phi) is 6.92. The topological polar surface area (TPSA) is 68.8 Å². The maximum absolute atomic E-state index is 13.8. The van der Waals surface area contributed by atoms with Crippen molar-refractivity contribution in [2.45, 2.75) is 13.0 Å². The number of benzene rings is 3. The quantitative estimate of drug-likeness (QED) is 0.515. The molecular weight excluding hydrogens is 406 g/mol. The number of hydrogen-bond acceptors (Lipinski definition) is 5. The lowest BCUT2D eigenvalue weighted by Gasteiger charge is -2.17. The number of anilines is 2. The highest BCUT2D eigenvalue weighted by molar-refractivity contribution is 5.96. The molecule has 0 saturated carbocycles. The minimum absolute atomic E-state index is 0.0988. The van der Waals surface area contributed by atoms with Gasteiger partial charge in [-0.1, -0.05) is 0 Å². The van der Waals surface area contributed by atoms with Crippen LogP contribution in [0.25, 0.3) is 0 Å². The lowest BCUT2D eigenvalue weighted by atomic mass is 10.2. The molecule has 0 bridgehead atoms. The Morgan fingerprint density at radius 3 is 2.23 bits per heavy atom. The van der Waals surface area contributed by atoms with E-state index in [1.54, 1.807) is 56.5 Å². The number of carbonyl (C=O) groups excluding carboxylic acids is 1. The Labute approximate surface area is 178 Å². The number of carbonyl (C=O) groups is 1. The van der Waals surface area contributed by atoms with Gasteiger partial charge >= 0.3 is 0 Å². The molecule has 2 N–H and O–H groups in total. The summed E-state index contributed by atoms with van der Waals surface area (Å²) in [6, 6.07) is 14.4. The average Bonchev–Trinajstić information content (AvgIpc) is 2.76. The summed E-state index contributed by atoms with van der Waals surface area (Å²) in [6.07, 6.45) is 0. The normalized spacial score (nSPS) is 11.4. The first kappa shape index (κ1) is 21.9. The van der Waals surface area contributed by atoms with E-state index in [2.05, 4.69) is 10.6 Å². The summed E-state index contributed by atoms with van der Waals surface area (Å²) in [5.41, 5.74) is 0.491. The van der Waals surface area contributed by atoms with Gasteiger partial charge < -0.3 is 24.8 Å². The van der Waals surface area contributed by atoms with Crippen molar-refractivity contribution in [2.75, 3.05) is 24.9 Å². The standard InChI is InChI=1S/C23H22F2N2O4/c1-14(23(28)27-20-10-4-15(24)12-19(20)25)26-16-5-11-21(30-3)22(13-16)31-18-8-6-17(29-2)7-9-18/h4-14,26H,1-3H3,(H,27,28). The maximum atomic E-state index is 13.8. The van der Waals surface area contributed by atoms with Crippen molar-refractivity contribution in [1.82, 2.24) is 0 Å². The third-order valence-electron chi connectivity index (χ3n) is 4.42. The van der Waals surface area contributed by atoms with E-state index < -0.39 is 23.6 Å². The van der Waals surface area contributed by atoms with Gasteiger partial charge in [0.15, 0.2) is 11.5 Å². The summed E-state index contributed by atoms with van der Waals surface area (Å²) >= 11 is 0. The molecule has 6 nitrogen and oxygen atoms in total. The first-order valence-electron chi connectivity index (χ1n) is 9.42. The average molecular weight is 428 g/mol. The van der Waals surface area contributed by atoms with Crippen molar-refractivity contribution in [3.63, 3.8) is 0 Å². The molecule has 1 amide bonds. The van der Waals surface area contributed by atoms with Crippen molar-refractivity contribution in [3.05, 3.63) is 72.3 Å². The molecule has 3 rings (SSSR count). The monoisotopic (exact) mass is 428 g/mol. The van der Waals surface area contributed by atoms with Gasteiger partial charge in [0.25, 0.3) is 0 Å². The predicted molar refractivity (Wildman–Crippen MR) is 114 cm³/mol. The molecular formula is C23H22F2N2O4. The molecule has 31 heavy (non-hydrogen) atoms. The zero-order chi connectivity index (χ0) is 22.4. The van der Waals surface area contributed by atoms with Crippen molar-refractivity contribution in [3.8, 4) is 23.0 Å². The molecule has 0 spiro atoms. The van der Waals surface area contributed by atoms with Gasteiger partial charge in [0.1, 0.15) is 29.2 Å². The van der Waals surface area contributed by atoms with E-state index in [1.807, 2.05) is 0 Å². The minimum atomic E-state index is -0.847. The highest BCUT2D eigenvalue weighted by Crippen LogP contribution is 2.34. The van der Waals surface area contributed by atoms with Crippen LogP contribution in [0.4, 0.5) is 20.2 Å². The number of methoxy groups -OCH3 is 2. The summed E-state index contributed by atoms with van der Waals surface area (Å²) in [5, 5.41) is 5.46. The van der Waals surface area contributed by atoms with Crippen LogP contribution in [0.15, 0.2) is 60.7 Å². The largest absolute Gasteiger partial charge is 0.497 e. The van der Waals surface area contributed by atoms with Crippen molar-refractivity contribution in [2.24, 2.45) is 0 Å². The fourth-order valence-electron chi connectivity index (χ4n) is 2.76. The third kappa shape index (κ3) is 5.63. The Balaban J connectivity index is 1.71. The van der Waals surface area contributed by atoms with Crippen LogP contribution in [0.2, 0.25) is 0 Å². The van der Waals surface area contributed by atoms with Crippen LogP contribution in [-0.4, -0.2) is 26.2 Å². The van der Waals surface area contributed by atoms with E-state index in [0.29, 0.717) is 34.8 Å². The van der Waals surface area contributed by atoms with Gasteiger partial charge in [-0.25, -0.2) is 8.78 Å². The van der Waals surface area contributed by atoms with Gasteiger partial charge in [-0.15, -0.1) is 0 Å². The molecule has 0 aromatic heterocycles. The molecule has 3 aromatic carbocycles. The highest BCUT2D eigenvalue weighted by atomic mass is 19.1. The van der Waals surface area contributed by atoms with Crippen LogP contribution in [0.5, 0.6) is 23.0 Å².